The molecule has 4 bridgehead atoms. The van der Waals surface area contributed by atoms with E-state index in [1.807, 2.05) is 42.5 Å². The zero-order valence-electron chi connectivity index (χ0n) is 13.6. The van der Waals surface area contributed by atoms with E-state index in [-0.39, 0.29) is 11.8 Å². The number of hydroxylamine groups is 3. The number of benzene rings is 2. The van der Waals surface area contributed by atoms with Crippen LogP contribution in [0.25, 0.3) is 0 Å². The van der Waals surface area contributed by atoms with Gasteiger partial charge in [-0.05, 0) is 24.1 Å². The molecular weight excluding hydrogens is 302 g/mol. The Bertz CT molecular complexity index is 783. The van der Waals surface area contributed by atoms with Gasteiger partial charge in [0.1, 0.15) is 24.9 Å². The Morgan fingerprint density at radius 3 is 2.54 bits per heavy atom. The van der Waals surface area contributed by atoms with Gasteiger partial charge < -0.3 is 10.2 Å². The molecule has 0 saturated carbocycles. The molecular formula is C20H22NO3+. The summed E-state index contributed by atoms with van der Waals surface area (Å²) in [7, 11) is 0. The van der Waals surface area contributed by atoms with Gasteiger partial charge in [-0.3, -0.25) is 0 Å². The molecule has 4 nitrogen and oxygen atoms in total. The molecule has 6 rings (SSSR count). The van der Waals surface area contributed by atoms with Crippen LogP contribution >= 0.6 is 0 Å². The fourth-order valence-electron chi connectivity index (χ4n) is 4.89. The Morgan fingerprint density at radius 2 is 1.79 bits per heavy atom. The number of rotatable bonds is 1. The van der Waals surface area contributed by atoms with Gasteiger partial charge >= 0.3 is 0 Å². The summed E-state index contributed by atoms with van der Waals surface area (Å²) in [5, 5.41) is 22.1. The maximum atomic E-state index is 11.6. The first-order valence-electron chi connectivity index (χ1n) is 8.79. The third-order valence-corrected chi connectivity index (χ3v) is 6.21. The Hall–Kier alpha value is -1.88. The molecule has 2 N–H and O–H groups in total. The van der Waals surface area contributed by atoms with Gasteiger partial charge in [-0.15, -0.1) is 0 Å². The van der Waals surface area contributed by atoms with Crippen LogP contribution in [0.3, 0.4) is 0 Å². The van der Waals surface area contributed by atoms with Crippen LogP contribution in [0.4, 0.5) is 0 Å². The van der Waals surface area contributed by atoms with Crippen LogP contribution in [0.1, 0.15) is 42.0 Å². The highest BCUT2D eigenvalue weighted by molar-refractivity contribution is 5.45. The zero-order valence-corrected chi connectivity index (χ0v) is 13.6. The van der Waals surface area contributed by atoms with Crippen LogP contribution in [-0.4, -0.2) is 27.9 Å². The lowest BCUT2D eigenvalue weighted by Gasteiger charge is -2.52. The molecule has 0 aliphatic carbocycles. The summed E-state index contributed by atoms with van der Waals surface area (Å²) in [5.74, 6) is -0.794. The van der Waals surface area contributed by atoms with Crippen LogP contribution in [0.5, 0.6) is 5.75 Å². The van der Waals surface area contributed by atoms with E-state index in [1.165, 1.54) is 5.56 Å². The zero-order chi connectivity index (χ0) is 16.4. The van der Waals surface area contributed by atoms with Gasteiger partial charge in [-0.1, -0.05) is 30.3 Å². The number of hydrogen-bond acceptors (Lipinski definition) is 3. The van der Waals surface area contributed by atoms with E-state index in [9.17, 15) is 10.2 Å². The predicted octanol–water partition coefficient (Wildman–Crippen LogP) is 3.20. The molecule has 2 atom stereocenters. The van der Waals surface area contributed by atoms with Crippen molar-refractivity contribution in [2.75, 3.05) is 13.1 Å². The first-order chi connectivity index (χ1) is 11.6. The van der Waals surface area contributed by atoms with Crippen molar-refractivity contribution in [1.29, 1.82) is 0 Å². The highest BCUT2D eigenvalue weighted by Crippen LogP contribution is 2.53. The number of fused-ring (bicyclic) bond motifs is 4. The molecule has 1 spiro atoms. The number of aliphatic hydroxyl groups is 1. The first kappa shape index (κ1) is 14.5. The van der Waals surface area contributed by atoms with Crippen LogP contribution < -0.4 is 0 Å². The van der Waals surface area contributed by atoms with Crippen LogP contribution in [0.2, 0.25) is 0 Å². The summed E-state index contributed by atoms with van der Waals surface area (Å²) in [6.07, 6.45) is 3.38. The Morgan fingerprint density at radius 1 is 1.04 bits per heavy atom. The number of phenols is 1. The van der Waals surface area contributed by atoms with Crippen molar-refractivity contribution < 1.29 is 19.7 Å². The molecule has 4 heteroatoms. The average Bonchev–Trinajstić information content (AvgIpc) is 2.72. The molecule has 0 amide bonds. The molecule has 2 aromatic carbocycles. The van der Waals surface area contributed by atoms with E-state index in [4.69, 9.17) is 4.84 Å². The van der Waals surface area contributed by atoms with Crippen molar-refractivity contribution in [3.8, 4) is 5.75 Å². The number of hydrogen-bond donors (Lipinski definition) is 2. The second-order valence-corrected chi connectivity index (χ2v) is 7.47. The van der Waals surface area contributed by atoms with E-state index < -0.39 is 5.79 Å². The lowest BCUT2D eigenvalue weighted by Crippen LogP contribution is -2.61. The minimum Gasteiger partial charge on any atom is -0.507 e. The van der Waals surface area contributed by atoms with Gasteiger partial charge in [0.2, 0.25) is 0 Å². The van der Waals surface area contributed by atoms with E-state index in [0.717, 1.165) is 38.3 Å². The van der Waals surface area contributed by atoms with Gasteiger partial charge in [-0.25, -0.2) is 0 Å². The normalized spacial score (nSPS) is 36.9. The second-order valence-electron chi connectivity index (χ2n) is 7.47. The van der Waals surface area contributed by atoms with Crippen molar-refractivity contribution in [1.82, 2.24) is 0 Å². The predicted molar refractivity (Wildman–Crippen MR) is 88.7 cm³/mol. The maximum absolute atomic E-state index is 11.6. The summed E-state index contributed by atoms with van der Waals surface area (Å²) < 4.78 is 0.467. The molecule has 0 aromatic heterocycles. The third-order valence-electron chi connectivity index (χ3n) is 6.21. The van der Waals surface area contributed by atoms with Crippen molar-refractivity contribution in [2.24, 2.45) is 5.92 Å². The molecule has 0 radical (unpaired) electrons. The smallest absolute Gasteiger partial charge is 0.279 e. The molecule has 4 heterocycles. The first-order valence-corrected chi connectivity index (χ1v) is 8.79. The number of phenolic OH excluding ortho intramolecular Hbond substituents is 1. The van der Waals surface area contributed by atoms with Crippen molar-refractivity contribution in [3.05, 3.63) is 65.2 Å². The summed E-state index contributed by atoms with van der Waals surface area (Å²) in [4.78, 5) is 6.53. The van der Waals surface area contributed by atoms with E-state index >= 15 is 0 Å². The minimum absolute atomic E-state index is 0.0823. The number of nitrogens with zero attached hydrogens (tertiary/aromatic N) is 1. The van der Waals surface area contributed by atoms with Crippen molar-refractivity contribution in [3.63, 3.8) is 0 Å². The number of piperidine rings is 3. The van der Waals surface area contributed by atoms with Gasteiger partial charge in [0, 0.05) is 30.4 Å². The third kappa shape index (κ3) is 1.85. The fourth-order valence-corrected chi connectivity index (χ4v) is 4.89. The molecule has 2 unspecified atom stereocenters. The summed E-state index contributed by atoms with van der Waals surface area (Å²) >= 11 is 0. The SMILES string of the molecule is Oc1ccc2cc1C(O)(c1ccccc1)O[N+]13CCC(CC1)CC23. The fraction of sp³-hybridized carbons (Fsp3) is 0.400. The molecule has 4 aliphatic rings. The van der Waals surface area contributed by atoms with Crippen LogP contribution in [0, 0.1) is 5.92 Å². The Balaban J connectivity index is 1.75. The summed E-state index contributed by atoms with van der Waals surface area (Å²) in [6.45, 7) is 1.84. The maximum Gasteiger partial charge on any atom is 0.279 e. The highest BCUT2D eigenvalue weighted by Gasteiger charge is 2.57. The standard InChI is InChI=1S/C20H21NO3/c22-19-7-6-15-13-17(19)20(23,16-4-2-1-3-5-16)24-21-10-8-14(9-11-21)12-18(15)21/h1-7,13-14,18,23H,8-12H2/p+1. The Kier molecular flexibility index (Phi) is 2.90. The molecule has 4 aliphatic heterocycles. The quantitative estimate of drug-likeness (QED) is 0.792. The van der Waals surface area contributed by atoms with Crippen LogP contribution in [0.15, 0.2) is 48.5 Å². The lowest BCUT2D eigenvalue weighted by atomic mass is 9.80. The van der Waals surface area contributed by atoms with Crippen molar-refractivity contribution >= 4 is 0 Å². The summed E-state index contributed by atoms with van der Waals surface area (Å²) in [5.41, 5.74) is 2.29. The number of aromatic hydroxyl groups is 1. The van der Waals surface area contributed by atoms with Gasteiger partial charge in [-0.2, -0.15) is 9.48 Å². The molecule has 24 heavy (non-hydrogen) atoms. The van der Waals surface area contributed by atoms with E-state index in [1.54, 1.807) is 6.07 Å². The largest absolute Gasteiger partial charge is 0.507 e. The van der Waals surface area contributed by atoms with E-state index in [2.05, 4.69) is 0 Å². The number of quaternary nitrogens is 1. The highest BCUT2D eigenvalue weighted by atomic mass is 16.8. The molecule has 124 valence electrons. The van der Waals surface area contributed by atoms with Gasteiger partial charge in [0.25, 0.3) is 5.79 Å². The second kappa shape index (κ2) is 4.82. The Labute approximate surface area is 141 Å². The minimum atomic E-state index is -1.62. The van der Waals surface area contributed by atoms with Gasteiger partial charge in [0.15, 0.2) is 0 Å². The lowest BCUT2D eigenvalue weighted by molar-refractivity contribution is -1.15. The summed E-state index contributed by atoms with van der Waals surface area (Å²) in [6, 6.07) is 15.3. The van der Waals surface area contributed by atoms with Crippen molar-refractivity contribution in [2.45, 2.75) is 31.1 Å². The topological polar surface area (TPSA) is 49.7 Å². The van der Waals surface area contributed by atoms with Gasteiger partial charge in [0.05, 0.1) is 5.56 Å². The molecule has 2 aromatic rings. The van der Waals surface area contributed by atoms with Crippen LogP contribution in [-0.2, 0) is 10.6 Å². The average molecular weight is 324 g/mol. The van der Waals surface area contributed by atoms with E-state index in [0.29, 0.717) is 15.8 Å². The monoisotopic (exact) mass is 324 g/mol. The molecule has 3 fully saturated rings. The molecule has 3 saturated heterocycles.